The number of hydrogen-bond acceptors (Lipinski definition) is 4. The summed E-state index contributed by atoms with van der Waals surface area (Å²) in [5.74, 6) is 0. The molecule has 5 nitrogen and oxygen atoms in total. The van der Waals surface area contributed by atoms with Crippen molar-refractivity contribution in [3.63, 3.8) is 0 Å². The van der Waals surface area contributed by atoms with E-state index in [-0.39, 0.29) is 11.4 Å². The molecule has 112 valence electrons. The molecule has 0 spiro atoms. The molecule has 0 saturated carbocycles. The van der Waals surface area contributed by atoms with E-state index in [4.69, 9.17) is 0 Å². The zero-order valence-corrected chi connectivity index (χ0v) is 14.1. The fourth-order valence-corrected chi connectivity index (χ4v) is 3.23. The van der Waals surface area contributed by atoms with E-state index in [1.54, 1.807) is 6.20 Å². The van der Waals surface area contributed by atoms with Crippen molar-refractivity contribution >= 4 is 31.6 Å². The molecule has 0 saturated heterocycles. The fourth-order valence-electron chi connectivity index (χ4n) is 1.71. The number of aromatic nitrogens is 1. The van der Waals surface area contributed by atoms with Crippen LogP contribution < -0.4 is 9.62 Å². The molecule has 1 aromatic carbocycles. The smallest absolute Gasteiger partial charge is 0.242 e. The minimum Gasteiger partial charge on any atom is -0.378 e. The molecule has 7 heteroatoms. The van der Waals surface area contributed by atoms with Crippen LogP contribution in [0.25, 0.3) is 0 Å². The molecule has 1 aromatic heterocycles. The lowest BCUT2D eigenvalue weighted by Gasteiger charge is -2.13. The molecular formula is C14H16BrN3O2S. The van der Waals surface area contributed by atoms with E-state index in [1.165, 1.54) is 12.3 Å². The second kappa shape index (κ2) is 6.55. The van der Waals surface area contributed by atoms with Crippen LogP contribution in [0.5, 0.6) is 0 Å². The van der Waals surface area contributed by atoms with E-state index in [1.807, 2.05) is 43.3 Å². The predicted molar refractivity (Wildman–Crippen MR) is 86.7 cm³/mol. The average Bonchev–Trinajstić information content (AvgIpc) is 2.45. The second-order valence-electron chi connectivity index (χ2n) is 4.72. The second-order valence-corrected chi connectivity index (χ2v) is 7.41. The summed E-state index contributed by atoms with van der Waals surface area (Å²) in [6.45, 7) is 0.239. The van der Waals surface area contributed by atoms with Gasteiger partial charge in [-0.05, 0) is 39.7 Å². The number of benzene rings is 1. The molecule has 2 rings (SSSR count). The third-order valence-corrected chi connectivity index (χ3v) is 4.71. The summed E-state index contributed by atoms with van der Waals surface area (Å²) < 4.78 is 27.5. The lowest BCUT2D eigenvalue weighted by atomic mass is 10.2. The van der Waals surface area contributed by atoms with Crippen LogP contribution in [0.15, 0.2) is 52.1 Å². The first-order valence-corrected chi connectivity index (χ1v) is 8.52. The molecule has 1 N–H and O–H groups in total. The number of sulfonamides is 1. The molecule has 0 fully saturated rings. The highest BCUT2D eigenvalue weighted by Gasteiger charge is 2.14. The first kappa shape index (κ1) is 15.9. The van der Waals surface area contributed by atoms with E-state index < -0.39 is 10.0 Å². The third-order valence-electron chi connectivity index (χ3n) is 2.91. The van der Waals surface area contributed by atoms with Crippen molar-refractivity contribution in [2.45, 2.75) is 11.4 Å². The van der Waals surface area contributed by atoms with Crippen LogP contribution in [-0.4, -0.2) is 27.5 Å². The third kappa shape index (κ3) is 4.26. The lowest BCUT2D eigenvalue weighted by Crippen LogP contribution is -2.23. The summed E-state index contributed by atoms with van der Waals surface area (Å²) in [5.41, 5.74) is 1.96. The Bertz CT molecular complexity index is 715. The monoisotopic (exact) mass is 369 g/mol. The molecule has 0 unspecified atom stereocenters. The molecule has 2 aromatic rings. The normalized spacial score (nSPS) is 11.4. The summed E-state index contributed by atoms with van der Waals surface area (Å²) >= 11 is 3.21. The first-order chi connectivity index (χ1) is 9.88. The predicted octanol–water partition coefficient (Wildman–Crippen LogP) is 2.39. The van der Waals surface area contributed by atoms with Crippen LogP contribution in [-0.2, 0) is 16.6 Å². The molecule has 1 heterocycles. The summed E-state index contributed by atoms with van der Waals surface area (Å²) in [4.78, 5) is 5.99. The standard InChI is InChI=1S/C14H16BrN3O2S/c1-18(2)13-5-3-11(4-6-13)8-17-21(19,20)14-7-12(15)9-16-10-14/h3-7,9-10,17H,8H2,1-2H3. The Morgan fingerprint density at radius 2 is 1.86 bits per heavy atom. The zero-order chi connectivity index (χ0) is 15.5. The Hall–Kier alpha value is -1.44. The highest BCUT2D eigenvalue weighted by molar-refractivity contribution is 9.10. The van der Waals surface area contributed by atoms with Gasteiger partial charge in [-0.2, -0.15) is 0 Å². The average molecular weight is 370 g/mol. The van der Waals surface area contributed by atoms with E-state index in [0.29, 0.717) is 4.47 Å². The Morgan fingerprint density at radius 1 is 1.19 bits per heavy atom. The van der Waals surface area contributed by atoms with Gasteiger partial charge in [0.2, 0.25) is 10.0 Å². The Morgan fingerprint density at radius 3 is 2.43 bits per heavy atom. The van der Waals surface area contributed by atoms with Gasteiger partial charge < -0.3 is 4.90 Å². The van der Waals surface area contributed by atoms with E-state index in [0.717, 1.165) is 11.3 Å². The number of hydrogen-bond donors (Lipinski definition) is 1. The fraction of sp³-hybridized carbons (Fsp3) is 0.214. The van der Waals surface area contributed by atoms with Gasteiger partial charge in [-0.15, -0.1) is 0 Å². The maximum Gasteiger partial charge on any atom is 0.242 e. The van der Waals surface area contributed by atoms with Gasteiger partial charge in [0.25, 0.3) is 0 Å². The van der Waals surface area contributed by atoms with E-state index in [2.05, 4.69) is 25.6 Å². The molecule has 0 amide bonds. The largest absolute Gasteiger partial charge is 0.378 e. The van der Waals surface area contributed by atoms with Gasteiger partial charge in [-0.25, -0.2) is 13.1 Å². The van der Waals surface area contributed by atoms with Crippen LogP contribution in [0.2, 0.25) is 0 Å². The number of nitrogens with zero attached hydrogens (tertiary/aromatic N) is 2. The van der Waals surface area contributed by atoms with Crippen LogP contribution in [0.4, 0.5) is 5.69 Å². The number of rotatable bonds is 5. The van der Waals surface area contributed by atoms with Gasteiger partial charge in [0, 0.05) is 43.2 Å². The van der Waals surface area contributed by atoms with Gasteiger partial charge in [-0.1, -0.05) is 12.1 Å². The zero-order valence-electron chi connectivity index (χ0n) is 11.7. The van der Waals surface area contributed by atoms with Gasteiger partial charge >= 0.3 is 0 Å². The molecule has 21 heavy (non-hydrogen) atoms. The molecule has 0 atom stereocenters. The topological polar surface area (TPSA) is 62.3 Å². The minimum atomic E-state index is -3.56. The van der Waals surface area contributed by atoms with Crippen molar-refractivity contribution in [1.29, 1.82) is 0 Å². The van der Waals surface area contributed by atoms with Crippen LogP contribution in [0, 0.1) is 0 Å². The first-order valence-electron chi connectivity index (χ1n) is 6.25. The summed E-state index contributed by atoms with van der Waals surface area (Å²) in [7, 11) is 0.352. The van der Waals surface area contributed by atoms with Crippen molar-refractivity contribution in [2.24, 2.45) is 0 Å². The van der Waals surface area contributed by atoms with Gasteiger partial charge in [-0.3, -0.25) is 4.98 Å². The van der Waals surface area contributed by atoms with Gasteiger partial charge in [0.05, 0.1) is 0 Å². The lowest BCUT2D eigenvalue weighted by molar-refractivity contribution is 0.581. The summed E-state index contributed by atoms with van der Waals surface area (Å²) in [6.07, 6.45) is 2.86. The van der Waals surface area contributed by atoms with Gasteiger partial charge in [0.15, 0.2) is 0 Å². The molecule has 0 aliphatic carbocycles. The Labute approximate surface area is 133 Å². The summed E-state index contributed by atoms with van der Waals surface area (Å²) in [5, 5.41) is 0. The van der Waals surface area contributed by atoms with Crippen molar-refractivity contribution < 1.29 is 8.42 Å². The molecule has 0 bridgehead atoms. The maximum absolute atomic E-state index is 12.2. The Kier molecular flexibility index (Phi) is 4.97. The maximum atomic E-state index is 12.2. The number of pyridine rings is 1. The van der Waals surface area contributed by atoms with Gasteiger partial charge in [0.1, 0.15) is 4.90 Å². The number of nitrogens with one attached hydrogen (secondary N) is 1. The van der Waals surface area contributed by atoms with E-state index in [9.17, 15) is 8.42 Å². The summed E-state index contributed by atoms with van der Waals surface area (Å²) in [6, 6.07) is 9.22. The molecular weight excluding hydrogens is 354 g/mol. The van der Waals surface area contributed by atoms with Crippen LogP contribution in [0.1, 0.15) is 5.56 Å². The Balaban J connectivity index is 2.08. The quantitative estimate of drug-likeness (QED) is 0.878. The van der Waals surface area contributed by atoms with Crippen molar-refractivity contribution in [3.8, 4) is 0 Å². The van der Waals surface area contributed by atoms with E-state index >= 15 is 0 Å². The minimum absolute atomic E-state index is 0.141. The van der Waals surface area contributed by atoms with Crippen LogP contribution >= 0.6 is 15.9 Å². The van der Waals surface area contributed by atoms with Crippen molar-refractivity contribution in [3.05, 3.63) is 52.8 Å². The number of anilines is 1. The SMILES string of the molecule is CN(C)c1ccc(CNS(=O)(=O)c2cncc(Br)c2)cc1. The molecule has 0 radical (unpaired) electrons. The van der Waals surface area contributed by atoms with Crippen LogP contribution in [0.3, 0.4) is 0 Å². The highest BCUT2D eigenvalue weighted by atomic mass is 79.9. The van der Waals surface area contributed by atoms with Crippen molar-refractivity contribution in [1.82, 2.24) is 9.71 Å². The molecule has 0 aliphatic heterocycles. The number of halogens is 1. The highest BCUT2D eigenvalue weighted by Crippen LogP contribution is 2.15. The molecule has 0 aliphatic rings. The van der Waals surface area contributed by atoms with Crippen molar-refractivity contribution in [2.75, 3.05) is 19.0 Å².